The van der Waals surface area contributed by atoms with Crippen molar-refractivity contribution in [2.45, 2.75) is 44.6 Å². The van der Waals surface area contributed by atoms with Crippen molar-refractivity contribution < 1.29 is 0 Å². The average molecular weight is 461 g/mol. The summed E-state index contributed by atoms with van der Waals surface area (Å²) in [6.45, 7) is 3.88. The molecule has 7 heteroatoms. The molecule has 0 aromatic carbocycles. The summed E-state index contributed by atoms with van der Waals surface area (Å²) in [6.07, 6.45) is 10.3. The van der Waals surface area contributed by atoms with Crippen LogP contribution in [0.4, 0.5) is 5.13 Å². The van der Waals surface area contributed by atoms with E-state index in [1.807, 2.05) is 11.6 Å². The number of aliphatic imine (C=N–C) groups is 1. The molecule has 1 aromatic heterocycles. The Morgan fingerprint density at radius 1 is 1.17 bits per heavy atom. The standard InChI is InChI=1S/C17H27N5S.HI/c18-16(20-15-12-14(15)13-4-2-1-3-5-13)21-7-9-22(10-8-21)17-19-6-11-23-17;/h6,11,13-15H,1-5,7-10,12H2,(H2,18,20);1H. The van der Waals surface area contributed by atoms with Crippen molar-refractivity contribution in [3.63, 3.8) is 0 Å². The van der Waals surface area contributed by atoms with E-state index in [2.05, 4.69) is 14.8 Å². The Hall–Kier alpha value is -0.570. The molecule has 0 bridgehead atoms. The molecule has 1 aromatic rings. The van der Waals surface area contributed by atoms with Crippen LogP contribution in [-0.4, -0.2) is 48.1 Å². The summed E-state index contributed by atoms with van der Waals surface area (Å²) in [5.41, 5.74) is 6.29. The molecule has 24 heavy (non-hydrogen) atoms. The van der Waals surface area contributed by atoms with Crippen molar-refractivity contribution in [1.82, 2.24) is 9.88 Å². The number of thiazole rings is 1. The second-order valence-electron chi connectivity index (χ2n) is 7.14. The van der Waals surface area contributed by atoms with Gasteiger partial charge in [-0.2, -0.15) is 0 Å². The summed E-state index contributed by atoms with van der Waals surface area (Å²) in [7, 11) is 0. The molecule has 0 amide bonds. The van der Waals surface area contributed by atoms with E-state index in [-0.39, 0.29) is 24.0 Å². The highest BCUT2D eigenvalue weighted by molar-refractivity contribution is 14.0. The summed E-state index contributed by atoms with van der Waals surface area (Å²) < 4.78 is 0. The molecule has 134 valence electrons. The van der Waals surface area contributed by atoms with Gasteiger partial charge in [0.2, 0.25) is 0 Å². The first-order valence-electron chi connectivity index (χ1n) is 9.04. The number of guanidine groups is 1. The van der Waals surface area contributed by atoms with E-state index >= 15 is 0 Å². The summed E-state index contributed by atoms with van der Waals surface area (Å²) in [5, 5.41) is 3.16. The van der Waals surface area contributed by atoms with Crippen LogP contribution >= 0.6 is 35.3 Å². The van der Waals surface area contributed by atoms with Gasteiger partial charge in [-0.1, -0.05) is 32.1 Å². The van der Waals surface area contributed by atoms with E-state index in [1.165, 1.54) is 38.5 Å². The zero-order valence-corrected chi connectivity index (χ0v) is 17.3. The Morgan fingerprint density at radius 3 is 2.58 bits per heavy atom. The fraction of sp³-hybridized carbons (Fsp3) is 0.765. The minimum Gasteiger partial charge on any atom is -0.370 e. The fourth-order valence-corrected chi connectivity index (χ4v) is 4.86. The highest BCUT2D eigenvalue weighted by atomic mass is 127. The Kier molecular flexibility index (Phi) is 6.23. The summed E-state index contributed by atoms with van der Waals surface area (Å²) in [4.78, 5) is 13.8. The van der Waals surface area contributed by atoms with Gasteiger partial charge in [0, 0.05) is 37.8 Å². The molecule has 2 heterocycles. The maximum atomic E-state index is 6.29. The fourth-order valence-electron chi connectivity index (χ4n) is 4.17. The topological polar surface area (TPSA) is 57.8 Å². The van der Waals surface area contributed by atoms with Crippen molar-refractivity contribution in [1.29, 1.82) is 0 Å². The average Bonchev–Trinajstić information content (AvgIpc) is 3.15. The monoisotopic (exact) mass is 461 g/mol. The molecule has 1 aliphatic heterocycles. The molecule has 4 rings (SSSR count). The molecule has 2 saturated carbocycles. The number of piperazine rings is 1. The van der Waals surface area contributed by atoms with Crippen LogP contribution in [0.15, 0.2) is 16.6 Å². The summed E-state index contributed by atoms with van der Waals surface area (Å²) in [5.74, 6) is 2.52. The van der Waals surface area contributed by atoms with E-state index in [4.69, 9.17) is 10.7 Å². The Labute approximate surface area is 165 Å². The van der Waals surface area contributed by atoms with Gasteiger partial charge in [-0.15, -0.1) is 35.3 Å². The van der Waals surface area contributed by atoms with Gasteiger partial charge in [0.15, 0.2) is 11.1 Å². The lowest BCUT2D eigenvalue weighted by Gasteiger charge is -2.35. The van der Waals surface area contributed by atoms with Crippen LogP contribution < -0.4 is 10.6 Å². The van der Waals surface area contributed by atoms with E-state index in [0.29, 0.717) is 6.04 Å². The van der Waals surface area contributed by atoms with Gasteiger partial charge in [0.1, 0.15) is 0 Å². The number of halogens is 1. The molecule has 0 spiro atoms. The number of rotatable bonds is 3. The molecule has 2 N–H and O–H groups in total. The molecule has 1 saturated heterocycles. The molecular formula is C17H28IN5S. The minimum absolute atomic E-state index is 0. The number of nitrogens with two attached hydrogens (primary N) is 1. The molecule has 2 unspecified atom stereocenters. The van der Waals surface area contributed by atoms with Crippen LogP contribution in [0, 0.1) is 11.8 Å². The number of hydrogen-bond acceptors (Lipinski definition) is 4. The normalized spacial score (nSPS) is 28.6. The third kappa shape index (κ3) is 4.15. The van der Waals surface area contributed by atoms with Crippen LogP contribution in [0.2, 0.25) is 0 Å². The Morgan fingerprint density at radius 2 is 1.92 bits per heavy atom. The van der Waals surface area contributed by atoms with Gasteiger partial charge in [-0.05, 0) is 18.3 Å². The van der Waals surface area contributed by atoms with Crippen molar-refractivity contribution in [3.05, 3.63) is 11.6 Å². The lowest BCUT2D eigenvalue weighted by molar-refractivity contribution is 0.317. The zero-order chi connectivity index (χ0) is 15.6. The maximum absolute atomic E-state index is 6.29. The van der Waals surface area contributed by atoms with Gasteiger partial charge in [-0.25, -0.2) is 9.98 Å². The Balaban J connectivity index is 0.00000169. The van der Waals surface area contributed by atoms with E-state index < -0.39 is 0 Å². The third-order valence-corrected chi connectivity index (χ3v) is 6.48. The largest absolute Gasteiger partial charge is 0.370 e. The van der Waals surface area contributed by atoms with E-state index in [9.17, 15) is 0 Å². The maximum Gasteiger partial charge on any atom is 0.191 e. The first-order valence-corrected chi connectivity index (χ1v) is 9.92. The number of anilines is 1. The molecule has 0 radical (unpaired) electrons. The molecular weight excluding hydrogens is 433 g/mol. The van der Waals surface area contributed by atoms with Crippen LogP contribution in [0.5, 0.6) is 0 Å². The number of nitrogens with zero attached hydrogens (tertiary/aromatic N) is 4. The number of hydrogen-bond donors (Lipinski definition) is 1. The second kappa shape index (κ2) is 8.21. The van der Waals surface area contributed by atoms with E-state index in [0.717, 1.165) is 49.1 Å². The second-order valence-corrected chi connectivity index (χ2v) is 8.01. The van der Waals surface area contributed by atoms with E-state index in [1.54, 1.807) is 11.3 Å². The highest BCUT2D eigenvalue weighted by Gasteiger charge is 2.43. The number of aromatic nitrogens is 1. The van der Waals surface area contributed by atoms with Crippen molar-refractivity contribution >= 4 is 46.4 Å². The molecule has 3 aliphatic rings. The van der Waals surface area contributed by atoms with Crippen LogP contribution in [0.3, 0.4) is 0 Å². The van der Waals surface area contributed by atoms with Gasteiger partial charge >= 0.3 is 0 Å². The smallest absolute Gasteiger partial charge is 0.191 e. The minimum atomic E-state index is 0. The van der Waals surface area contributed by atoms with Crippen molar-refractivity contribution in [2.24, 2.45) is 22.6 Å². The zero-order valence-electron chi connectivity index (χ0n) is 14.1. The molecule has 2 aliphatic carbocycles. The third-order valence-electron chi connectivity index (χ3n) is 5.65. The summed E-state index contributed by atoms with van der Waals surface area (Å²) in [6, 6.07) is 0.509. The molecule has 3 fully saturated rings. The Bertz CT molecular complexity index is 535. The first-order chi connectivity index (χ1) is 11.3. The van der Waals surface area contributed by atoms with Crippen LogP contribution in [0.1, 0.15) is 38.5 Å². The van der Waals surface area contributed by atoms with Gasteiger partial charge in [0.05, 0.1) is 6.04 Å². The molecule has 2 atom stereocenters. The lowest BCUT2D eigenvalue weighted by atomic mass is 9.85. The highest BCUT2D eigenvalue weighted by Crippen LogP contribution is 2.46. The van der Waals surface area contributed by atoms with Crippen molar-refractivity contribution in [2.75, 3.05) is 31.1 Å². The predicted molar refractivity (Wildman–Crippen MR) is 111 cm³/mol. The van der Waals surface area contributed by atoms with Gasteiger partial charge < -0.3 is 15.5 Å². The SMILES string of the molecule is I.NC(=NC1CC1C1CCCCC1)N1CCN(c2nccs2)CC1. The lowest BCUT2D eigenvalue weighted by Crippen LogP contribution is -2.51. The van der Waals surface area contributed by atoms with Gasteiger partial charge in [-0.3, -0.25) is 0 Å². The predicted octanol–water partition coefficient (Wildman–Crippen LogP) is 3.17. The van der Waals surface area contributed by atoms with Crippen molar-refractivity contribution in [3.8, 4) is 0 Å². The molecule has 5 nitrogen and oxygen atoms in total. The van der Waals surface area contributed by atoms with Gasteiger partial charge in [0.25, 0.3) is 0 Å². The van der Waals surface area contributed by atoms with Crippen LogP contribution in [-0.2, 0) is 0 Å². The van der Waals surface area contributed by atoms with Crippen LogP contribution in [0.25, 0.3) is 0 Å². The summed E-state index contributed by atoms with van der Waals surface area (Å²) >= 11 is 1.71. The first kappa shape index (κ1) is 18.2. The quantitative estimate of drug-likeness (QED) is 0.427.